The van der Waals surface area contributed by atoms with Crippen molar-refractivity contribution >= 4 is 21.4 Å². The second-order valence-electron chi connectivity index (χ2n) is 5.50. The monoisotopic (exact) mass is 252 g/mol. The third-order valence-electron chi connectivity index (χ3n) is 3.21. The average molecular weight is 253 g/mol. The van der Waals surface area contributed by atoms with Crippen molar-refractivity contribution < 1.29 is 8.42 Å². The third kappa shape index (κ3) is 3.63. The quantitative estimate of drug-likeness (QED) is 0.724. The zero-order valence-electron chi connectivity index (χ0n) is 9.79. The summed E-state index contributed by atoms with van der Waals surface area (Å²) in [5.41, 5.74) is 0. The van der Waals surface area contributed by atoms with Gasteiger partial charge in [0.1, 0.15) is 0 Å². The fourth-order valence-corrected chi connectivity index (χ4v) is 3.54. The first-order chi connectivity index (χ1) is 6.72. The lowest BCUT2D eigenvalue weighted by Gasteiger charge is -2.20. The van der Waals surface area contributed by atoms with Gasteiger partial charge in [-0.2, -0.15) is 0 Å². The molecule has 0 saturated heterocycles. The van der Waals surface area contributed by atoms with Crippen molar-refractivity contribution in [2.75, 3.05) is 5.75 Å². The second-order valence-corrected chi connectivity index (χ2v) is 8.98. The first-order valence-electron chi connectivity index (χ1n) is 5.59. The van der Waals surface area contributed by atoms with E-state index in [0.717, 1.165) is 25.7 Å². The molecule has 0 amide bonds. The molecule has 15 heavy (non-hydrogen) atoms. The summed E-state index contributed by atoms with van der Waals surface area (Å²) in [6.45, 7) is 5.30. The van der Waals surface area contributed by atoms with Crippen LogP contribution in [0, 0.1) is 5.92 Å². The van der Waals surface area contributed by atoms with Crippen LogP contribution in [0.15, 0.2) is 0 Å². The molecule has 0 N–H and O–H groups in total. The Balaban J connectivity index is 2.44. The van der Waals surface area contributed by atoms with Gasteiger partial charge in [0.2, 0.25) is 0 Å². The molecule has 0 spiro atoms. The molecule has 2 atom stereocenters. The van der Waals surface area contributed by atoms with E-state index in [9.17, 15) is 8.42 Å². The Morgan fingerprint density at radius 1 is 1.27 bits per heavy atom. The minimum absolute atomic E-state index is 0.271. The van der Waals surface area contributed by atoms with Crippen LogP contribution in [0.1, 0.15) is 46.5 Å². The molecule has 0 aromatic rings. The minimum Gasteiger partial charge on any atom is -0.228 e. The number of hydrogen-bond donors (Lipinski definition) is 0. The number of sulfone groups is 1. The average Bonchev–Trinajstić information content (AvgIpc) is 2.46. The summed E-state index contributed by atoms with van der Waals surface area (Å²) in [5.74, 6) is 0.828. The molecule has 0 bridgehead atoms. The molecule has 0 aromatic carbocycles. The van der Waals surface area contributed by atoms with Crippen LogP contribution in [-0.4, -0.2) is 24.3 Å². The summed E-state index contributed by atoms with van der Waals surface area (Å²) in [6, 6.07) is 0. The summed E-state index contributed by atoms with van der Waals surface area (Å²) >= 11 is 6.00. The number of hydrogen-bond acceptors (Lipinski definition) is 2. The normalized spacial score (nSPS) is 28.3. The van der Waals surface area contributed by atoms with Crippen molar-refractivity contribution in [3.05, 3.63) is 0 Å². The second kappa shape index (κ2) is 4.62. The number of halogens is 1. The van der Waals surface area contributed by atoms with Gasteiger partial charge in [0.15, 0.2) is 9.84 Å². The van der Waals surface area contributed by atoms with Crippen molar-refractivity contribution in [1.82, 2.24) is 0 Å². The standard InChI is InChI=1S/C11H21ClO2S/c1-11(2,3)15(13,14)7-6-9-4-5-10(12)8-9/h9-10H,4-8H2,1-3H3. The largest absolute Gasteiger partial charge is 0.228 e. The zero-order valence-corrected chi connectivity index (χ0v) is 11.4. The fraction of sp³-hybridized carbons (Fsp3) is 1.00. The Morgan fingerprint density at radius 3 is 2.27 bits per heavy atom. The van der Waals surface area contributed by atoms with E-state index in [2.05, 4.69) is 0 Å². The maximum Gasteiger partial charge on any atom is 0.155 e. The molecular formula is C11H21ClO2S. The molecule has 2 unspecified atom stereocenters. The van der Waals surface area contributed by atoms with Crippen molar-refractivity contribution in [3.8, 4) is 0 Å². The summed E-state index contributed by atoms with van der Waals surface area (Å²) < 4.78 is 23.1. The molecule has 0 radical (unpaired) electrons. The van der Waals surface area contributed by atoms with Crippen LogP contribution in [0.5, 0.6) is 0 Å². The Hall–Kier alpha value is 0.240. The molecule has 1 rings (SSSR count). The highest BCUT2D eigenvalue weighted by atomic mass is 35.5. The highest BCUT2D eigenvalue weighted by Crippen LogP contribution is 2.32. The van der Waals surface area contributed by atoms with Gasteiger partial charge in [0, 0.05) is 5.38 Å². The van der Waals surface area contributed by atoms with E-state index in [4.69, 9.17) is 11.6 Å². The first-order valence-corrected chi connectivity index (χ1v) is 7.67. The Morgan fingerprint density at radius 2 is 1.87 bits per heavy atom. The van der Waals surface area contributed by atoms with Gasteiger partial charge in [-0.15, -0.1) is 11.6 Å². The van der Waals surface area contributed by atoms with E-state index in [-0.39, 0.29) is 5.38 Å². The van der Waals surface area contributed by atoms with Crippen LogP contribution >= 0.6 is 11.6 Å². The van der Waals surface area contributed by atoms with Crippen molar-refractivity contribution in [2.24, 2.45) is 5.92 Å². The summed E-state index contributed by atoms with van der Waals surface area (Å²) in [4.78, 5) is 0. The molecule has 0 aromatic heterocycles. The smallest absolute Gasteiger partial charge is 0.155 e. The molecule has 0 aliphatic heterocycles. The third-order valence-corrected chi connectivity index (χ3v) is 6.24. The van der Waals surface area contributed by atoms with Crippen LogP contribution in [0.3, 0.4) is 0 Å². The highest BCUT2D eigenvalue weighted by Gasteiger charge is 2.31. The van der Waals surface area contributed by atoms with Crippen molar-refractivity contribution in [3.63, 3.8) is 0 Å². The molecular weight excluding hydrogens is 232 g/mol. The lowest BCUT2D eigenvalue weighted by molar-refractivity contribution is 0.511. The van der Waals surface area contributed by atoms with Gasteiger partial charge < -0.3 is 0 Å². The van der Waals surface area contributed by atoms with E-state index in [1.54, 1.807) is 20.8 Å². The van der Waals surface area contributed by atoms with Crippen LogP contribution in [0.25, 0.3) is 0 Å². The molecule has 0 heterocycles. The van der Waals surface area contributed by atoms with Gasteiger partial charge in [-0.05, 0) is 52.4 Å². The highest BCUT2D eigenvalue weighted by molar-refractivity contribution is 7.92. The predicted octanol–water partition coefficient (Wildman–Crippen LogP) is 3.00. The van der Waals surface area contributed by atoms with E-state index in [0.29, 0.717) is 11.7 Å². The number of rotatable bonds is 3. The van der Waals surface area contributed by atoms with Gasteiger partial charge in [-0.25, -0.2) is 8.42 Å². The molecule has 1 aliphatic rings. The van der Waals surface area contributed by atoms with Gasteiger partial charge in [0.05, 0.1) is 10.5 Å². The van der Waals surface area contributed by atoms with E-state index < -0.39 is 14.6 Å². The number of alkyl halides is 1. The predicted molar refractivity (Wildman–Crippen MR) is 65.1 cm³/mol. The van der Waals surface area contributed by atoms with Crippen LogP contribution < -0.4 is 0 Å². The molecule has 90 valence electrons. The van der Waals surface area contributed by atoms with Crippen LogP contribution in [0.2, 0.25) is 0 Å². The van der Waals surface area contributed by atoms with E-state index in [1.807, 2.05) is 0 Å². The maximum absolute atomic E-state index is 11.9. The molecule has 4 heteroatoms. The van der Waals surface area contributed by atoms with Crippen molar-refractivity contribution in [1.29, 1.82) is 0 Å². The lowest BCUT2D eigenvalue weighted by atomic mass is 10.1. The maximum atomic E-state index is 11.9. The Bertz CT molecular complexity index is 303. The van der Waals surface area contributed by atoms with Gasteiger partial charge >= 0.3 is 0 Å². The van der Waals surface area contributed by atoms with Gasteiger partial charge in [-0.3, -0.25) is 0 Å². The first kappa shape index (κ1) is 13.3. The molecule has 1 fully saturated rings. The van der Waals surface area contributed by atoms with E-state index in [1.165, 1.54) is 0 Å². The Kier molecular flexibility index (Phi) is 4.10. The molecule has 2 nitrogen and oxygen atoms in total. The lowest BCUT2D eigenvalue weighted by Crippen LogP contribution is -2.31. The summed E-state index contributed by atoms with van der Waals surface area (Å²) in [7, 11) is -2.95. The van der Waals surface area contributed by atoms with Gasteiger partial charge in [-0.1, -0.05) is 0 Å². The Labute approximate surface area is 98.3 Å². The van der Waals surface area contributed by atoms with Crippen molar-refractivity contribution in [2.45, 2.75) is 56.6 Å². The van der Waals surface area contributed by atoms with Crippen LogP contribution in [-0.2, 0) is 9.84 Å². The topological polar surface area (TPSA) is 34.1 Å². The fourth-order valence-electron chi connectivity index (χ4n) is 1.90. The van der Waals surface area contributed by atoms with Crippen LogP contribution in [0.4, 0.5) is 0 Å². The molecule has 1 saturated carbocycles. The molecule has 1 aliphatic carbocycles. The van der Waals surface area contributed by atoms with Gasteiger partial charge in [0.25, 0.3) is 0 Å². The summed E-state index contributed by atoms with van der Waals surface area (Å²) in [6.07, 6.45) is 3.90. The SMILES string of the molecule is CC(C)(C)S(=O)(=O)CCC1CCC(Cl)C1. The minimum atomic E-state index is -2.95. The van der Waals surface area contributed by atoms with E-state index >= 15 is 0 Å². The summed E-state index contributed by atoms with van der Waals surface area (Å²) in [5, 5.41) is 0.271. The zero-order chi connectivity index (χ0) is 11.7.